The maximum atomic E-state index is 13.3. The minimum Gasteiger partial charge on any atom is -0.371 e. The van der Waals surface area contributed by atoms with Gasteiger partial charge in [-0.05, 0) is 56.0 Å². The standard InChI is InChI=1S/C23H26F3N3O3S/c1-2-28-12-9-16-7-8-18(15-20(16)28)27-22(30)17-10-13-29(14-11-17)33(31,32)21-6-4-3-5-19(21)23(24,25)26/h3-8,15,17H,2,9-14H2,1H3,(H,27,30). The summed E-state index contributed by atoms with van der Waals surface area (Å²) in [6.45, 7) is 3.89. The number of halogens is 3. The lowest BCUT2D eigenvalue weighted by atomic mass is 9.97. The Morgan fingerprint density at radius 3 is 2.45 bits per heavy atom. The van der Waals surface area contributed by atoms with Gasteiger partial charge in [-0.1, -0.05) is 18.2 Å². The number of likely N-dealkylation sites (N-methyl/N-ethyl adjacent to an activating group) is 1. The third-order valence-corrected chi connectivity index (χ3v) is 8.32. The molecule has 1 fully saturated rings. The number of hydrogen-bond acceptors (Lipinski definition) is 4. The number of piperidine rings is 1. The summed E-state index contributed by atoms with van der Waals surface area (Å²) >= 11 is 0. The van der Waals surface area contributed by atoms with Gasteiger partial charge in [-0.15, -0.1) is 0 Å². The zero-order chi connectivity index (χ0) is 23.8. The third kappa shape index (κ3) is 4.72. The van der Waals surface area contributed by atoms with Crippen molar-refractivity contribution in [3.05, 3.63) is 53.6 Å². The molecular formula is C23H26F3N3O3S. The maximum absolute atomic E-state index is 13.3. The van der Waals surface area contributed by atoms with Crippen molar-refractivity contribution in [3.63, 3.8) is 0 Å². The van der Waals surface area contributed by atoms with Crippen LogP contribution in [0.25, 0.3) is 0 Å². The van der Waals surface area contributed by atoms with Gasteiger partial charge in [0.05, 0.1) is 10.5 Å². The van der Waals surface area contributed by atoms with Gasteiger partial charge in [0.1, 0.15) is 0 Å². The zero-order valence-electron chi connectivity index (χ0n) is 18.2. The molecule has 4 rings (SSSR count). The van der Waals surface area contributed by atoms with Crippen LogP contribution in [0.3, 0.4) is 0 Å². The van der Waals surface area contributed by atoms with E-state index >= 15 is 0 Å². The molecule has 1 amide bonds. The number of hydrogen-bond donors (Lipinski definition) is 1. The predicted octanol–water partition coefficient (Wildman–Crippen LogP) is 4.13. The summed E-state index contributed by atoms with van der Waals surface area (Å²) in [7, 11) is -4.32. The van der Waals surface area contributed by atoms with Gasteiger partial charge in [0.15, 0.2) is 0 Å². The normalized spacial score (nSPS) is 17.8. The first-order valence-corrected chi connectivity index (χ1v) is 12.4. The van der Waals surface area contributed by atoms with E-state index in [2.05, 4.69) is 17.1 Å². The quantitative estimate of drug-likeness (QED) is 0.698. The minimum atomic E-state index is -4.77. The number of carbonyl (C=O) groups excluding carboxylic acids is 1. The van der Waals surface area contributed by atoms with Crippen LogP contribution in [0.2, 0.25) is 0 Å². The van der Waals surface area contributed by atoms with E-state index in [4.69, 9.17) is 0 Å². The first-order chi connectivity index (χ1) is 15.6. The summed E-state index contributed by atoms with van der Waals surface area (Å²) in [5.41, 5.74) is 1.86. The number of fused-ring (bicyclic) bond motifs is 1. The molecule has 6 nitrogen and oxygen atoms in total. The molecule has 0 saturated carbocycles. The van der Waals surface area contributed by atoms with Crippen LogP contribution in [0.1, 0.15) is 30.9 Å². The summed E-state index contributed by atoms with van der Waals surface area (Å²) in [5.74, 6) is -0.617. The van der Waals surface area contributed by atoms with Gasteiger partial charge in [-0.2, -0.15) is 17.5 Å². The van der Waals surface area contributed by atoms with Crippen LogP contribution in [0, 0.1) is 5.92 Å². The lowest BCUT2D eigenvalue weighted by molar-refractivity contribution is -0.139. The highest BCUT2D eigenvalue weighted by Gasteiger charge is 2.40. The fourth-order valence-corrected chi connectivity index (χ4v) is 6.20. The summed E-state index contributed by atoms with van der Waals surface area (Å²) in [6, 6.07) is 10.0. The Bertz CT molecular complexity index is 1140. The van der Waals surface area contributed by atoms with E-state index in [-0.39, 0.29) is 31.8 Å². The number of alkyl halides is 3. The van der Waals surface area contributed by atoms with E-state index in [1.54, 1.807) is 0 Å². The van der Waals surface area contributed by atoms with Gasteiger partial charge in [-0.25, -0.2) is 8.42 Å². The predicted molar refractivity (Wildman–Crippen MR) is 120 cm³/mol. The Hall–Kier alpha value is -2.59. The molecule has 33 heavy (non-hydrogen) atoms. The summed E-state index contributed by atoms with van der Waals surface area (Å²) in [4.78, 5) is 14.3. The second kappa shape index (κ2) is 8.98. The Balaban J connectivity index is 1.42. The smallest absolute Gasteiger partial charge is 0.371 e. The number of amides is 1. The molecule has 1 saturated heterocycles. The zero-order valence-corrected chi connectivity index (χ0v) is 19.0. The van der Waals surface area contributed by atoms with Crippen LogP contribution in [-0.4, -0.2) is 44.8 Å². The fourth-order valence-electron chi connectivity index (χ4n) is 4.52. The topological polar surface area (TPSA) is 69.7 Å². The fraction of sp³-hybridized carbons (Fsp3) is 0.435. The summed E-state index contributed by atoms with van der Waals surface area (Å²) in [6.07, 6.45) is -3.32. The van der Waals surface area contributed by atoms with E-state index in [1.165, 1.54) is 11.6 Å². The van der Waals surface area contributed by atoms with E-state index in [1.807, 2.05) is 18.2 Å². The molecule has 0 spiro atoms. The Morgan fingerprint density at radius 1 is 1.09 bits per heavy atom. The lowest BCUT2D eigenvalue weighted by Gasteiger charge is -2.31. The second-order valence-corrected chi connectivity index (χ2v) is 10.2. The SMILES string of the molecule is CCN1CCc2ccc(NC(=O)C3CCN(S(=O)(=O)c4ccccc4C(F)(F)F)CC3)cc21. The molecule has 2 heterocycles. The highest BCUT2D eigenvalue weighted by atomic mass is 32.2. The molecule has 0 unspecified atom stereocenters. The largest absolute Gasteiger partial charge is 0.417 e. The molecule has 0 atom stereocenters. The molecule has 0 bridgehead atoms. The van der Waals surface area contributed by atoms with Crippen molar-refractivity contribution in [1.29, 1.82) is 0 Å². The first-order valence-electron chi connectivity index (χ1n) is 11.0. The number of carbonyl (C=O) groups is 1. The molecular weight excluding hydrogens is 455 g/mol. The van der Waals surface area contributed by atoms with Crippen LogP contribution in [-0.2, 0) is 27.4 Å². The van der Waals surface area contributed by atoms with E-state index < -0.39 is 32.6 Å². The Morgan fingerprint density at radius 2 is 1.79 bits per heavy atom. The molecule has 1 N–H and O–H groups in total. The van der Waals surface area contributed by atoms with Gasteiger partial charge < -0.3 is 10.2 Å². The molecule has 10 heteroatoms. The average molecular weight is 482 g/mol. The highest BCUT2D eigenvalue weighted by molar-refractivity contribution is 7.89. The second-order valence-electron chi connectivity index (χ2n) is 8.33. The number of sulfonamides is 1. The van der Waals surface area contributed by atoms with Crippen molar-refractivity contribution >= 4 is 27.3 Å². The van der Waals surface area contributed by atoms with Crippen LogP contribution in [0.4, 0.5) is 24.5 Å². The summed E-state index contributed by atoms with van der Waals surface area (Å²) < 4.78 is 66.8. The van der Waals surface area contributed by atoms with Crippen LogP contribution in [0.5, 0.6) is 0 Å². The molecule has 2 aliphatic rings. The molecule has 0 radical (unpaired) electrons. The minimum absolute atomic E-state index is 0.0135. The number of rotatable bonds is 5. The lowest BCUT2D eigenvalue weighted by Crippen LogP contribution is -2.41. The molecule has 2 aromatic carbocycles. The van der Waals surface area contributed by atoms with E-state index in [9.17, 15) is 26.4 Å². The van der Waals surface area contributed by atoms with Crippen molar-refractivity contribution in [2.24, 2.45) is 5.92 Å². The molecule has 2 aromatic rings. The molecule has 2 aliphatic heterocycles. The van der Waals surface area contributed by atoms with Crippen LogP contribution < -0.4 is 10.2 Å². The number of anilines is 2. The molecule has 0 aromatic heterocycles. The highest BCUT2D eigenvalue weighted by Crippen LogP contribution is 2.36. The van der Waals surface area contributed by atoms with Crippen molar-refractivity contribution in [2.45, 2.75) is 37.3 Å². The van der Waals surface area contributed by atoms with Crippen LogP contribution in [0.15, 0.2) is 47.4 Å². The number of nitrogens with zero attached hydrogens (tertiary/aromatic N) is 2. The van der Waals surface area contributed by atoms with Gasteiger partial charge in [-0.3, -0.25) is 4.79 Å². The maximum Gasteiger partial charge on any atom is 0.417 e. The van der Waals surface area contributed by atoms with Crippen molar-refractivity contribution in [1.82, 2.24) is 4.31 Å². The van der Waals surface area contributed by atoms with Gasteiger partial charge in [0.25, 0.3) is 0 Å². The van der Waals surface area contributed by atoms with Gasteiger partial charge in [0, 0.05) is 43.5 Å². The Labute approximate surface area is 191 Å². The first kappa shape index (κ1) is 23.6. The van der Waals surface area contributed by atoms with Gasteiger partial charge >= 0.3 is 6.18 Å². The summed E-state index contributed by atoms with van der Waals surface area (Å²) in [5, 5.41) is 2.92. The van der Waals surface area contributed by atoms with Gasteiger partial charge in [0.2, 0.25) is 15.9 Å². The molecule has 178 valence electrons. The van der Waals surface area contributed by atoms with Crippen molar-refractivity contribution in [3.8, 4) is 0 Å². The average Bonchev–Trinajstić information content (AvgIpc) is 3.21. The van der Waals surface area contributed by atoms with Crippen molar-refractivity contribution < 1.29 is 26.4 Å². The third-order valence-electron chi connectivity index (χ3n) is 6.36. The van der Waals surface area contributed by atoms with Crippen LogP contribution >= 0.6 is 0 Å². The Kier molecular flexibility index (Phi) is 6.41. The van der Waals surface area contributed by atoms with E-state index in [0.717, 1.165) is 47.7 Å². The monoisotopic (exact) mass is 481 g/mol. The molecule has 0 aliphatic carbocycles. The number of nitrogens with one attached hydrogen (secondary N) is 1. The van der Waals surface area contributed by atoms with Crippen molar-refractivity contribution in [2.75, 3.05) is 36.4 Å². The van der Waals surface area contributed by atoms with E-state index in [0.29, 0.717) is 5.69 Å². The number of benzene rings is 2.